The lowest BCUT2D eigenvalue weighted by Gasteiger charge is -2.12. The van der Waals surface area contributed by atoms with Crippen molar-refractivity contribution in [3.05, 3.63) is 107 Å². The third kappa shape index (κ3) is 4.32. The van der Waals surface area contributed by atoms with Crippen LogP contribution in [0.25, 0.3) is 33.4 Å². The molecule has 0 bridgehead atoms. The summed E-state index contributed by atoms with van der Waals surface area (Å²) >= 11 is 0. The zero-order valence-electron chi connectivity index (χ0n) is 18.0. The predicted octanol–water partition coefficient (Wildman–Crippen LogP) is 8.23. The Balaban J connectivity index is 1.83. The number of benzene rings is 4. The third-order valence-electron chi connectivity index (χ3n) is 5.43. The Hall–Kier alpha value is -3.12. The standard InChI is InChI=1S/C29H28/c1-19-6-8-24(9-7-19)26-13-22(4)15-28(17-26)29-16-23(5)14-27(18-29)25-11-20(2)10-21(3)12-25/h6-18H,1-5H3. The molecule has 0 radical (unpaired) electrons. The lowest BCUT2D eigenvalue weighted by Crippen LogP contribution is -1.89. The molecule has 0 amide bonds. The van der Waals surface area contributed by atoms with Crippen LogP contribution in [0.2, 0.25) is 0 Å². The first kappa shape index (κ1) is 19.2. The predicted molar refractivity (Wildman–Crippen MR) is 126 cm³/mol. The second-order valence-corrected chi connectivity index (χ2v) is 8.42. The van der Waals surface area contributed by atoms with E-state index >= 15 is 0 Å². The maximum absolute atomic E-state index is 2.33. The Morgan fingerprint density at radius 2 is 0.586 bits per heavy atom. The molecule has 0 aliphatic heterocycles. The highest BCUT2D eigenvalue weighted by Gasteiger charge is 2.08. The lowest BCUT2D eigenvalue weighted by atomic mass is 9.92. The first-order valence-corrected chi connectivity index (χ1v) is 10.3. The van der Waals surface area contributed by atoms with E-state index in [0.29, 0.717) is 0 Å². The Morgan fingerprint density at radius 3 is 1.00 bits per heavy atom. The first-order valence-electron chi connectivity index (χ1n) is 10.3. The normalized spacial score (nSPS) is 10.9. The zero-order chi connectivity index (χ0) is 20.5. The van der Waals surface area contributed by atoms with Crippen LogP contribution in [0.3, 0.4) is 0 Å². The van der Waals surface area contributed by atoms with Gasteiger partial charge in [-0.1, -0.05) is 83.4 Å². The molecule has 0 heteroatoms. The Bertz CT molecular complexity index is 1160. The Morgan fingerprint density at radius 1 is 0.276 bits per heavy atom. The van der Waals surface area contributed by atoms with E-state index in [0.717, 1.165) is 0 Å². The van der Waals surface area contributed by atoms with E-state index in [9.17, 15) is 0 Å². The Labute approximate surface area is 174 Å². The van der Waals surface area contributed by atoms with Crippen LogP contribution in [-0.2, 0) is 0 Å². The molecule has 0 unspecified atom stereocenters. The van der Waals surface area contributed by atoms with Crippen molar-refractivity contribution in [2.75, 3.05) is 0 Å². The quantitative estimate of drug-likeness (QED) is 0.338. The molecular formula is C29H28. The summed E-state index contributed by atoms with van der Waals surface area (Å²) in [5, 5.41) is 0. The van der Waals surface area contributed by atoms with Crippen molar-refractivity contribution in [2.45, 2.75) is 34.6 Å². The van der Waals surface area contributed by atoms with Gasteiger partial charge in [-0.25, -0.2) is 0 Å². The topological polar surface area (TPSA) is 0 Å². The molecule has 4 aromatic carbocycles. The highest BCUT2D eigenvalue weighted by atomic mass is 14.1. The first-order chi connectivity index (χ1) is 13.9. The average Bonchev–Trinajstić information content (AvgIpc) is 2.67. The monoisotopic (exact) mass is 376 g/mol. The molecule has 0 fully saturated rings. The van der Waals surface area contributed by atoms with Gasteiger partial charge in [-0.15, -0.1) is 0 Å². The highest BCUT2D eigenvalue weighted by Crippen LogP contribution is 2.32. The molecule has 0 saturated heterocycles. The molecule has 0 atom stereocenters. The van der Waals surface area contributed by atoms with Crippen molar-refractivity contribution in [2.24, 2.45) is 0 Å². The summed E-state index contributed by atoms with van der Waals surface area (Å²) in [4.78, 5) is 0. The van der Waals surface area contributed by atoms with E-state index in [1.165, 1.54) is 61.2 Å². The highest BCUT2D eigenvalue weighted by molar-refractivity contribution is 5.78. The van der Waals surface area contributed by atoms with Gasteiger partial charge < -0.3 is 0 Å². The van der Waals surface area contributed by atoms with Gasteiger partial charge in [0.2, 0.25) is 0 Å². The van der Waals surface area contributed by atoms with Gasteiger partial charge in [0, 0.05) is 0 Å². The van der Waals surface area contributed by atoms with Crippen molar-refractivity contribution in [1.29, 1.82) is 0 Å². The largest absolute Gasteiger partial charge is 0.0587 e. The van der Waals surface area contributed by atoms with Crippen LogP contribution in [-0.4, -0.2) is 0 Å². The minimum atomic E-state index is 1.27. The molecule has 144 valence electrons. The van der Waals surface area contributed by atoms with Crippen molar-refractivity contribution in [3.63, 3.8) is 0 Å². The molecule has 0 N–H and O–H groups in total. The van der Waals surface area contributed by atoms with Gasteiger partial charge in [0.15, 0.2) is 0 Å². The van der Waals surface area contributed by atoms with Gasteiger partial charge in [-0.05, 0) is 91.3 Å². The van der Waals surface area contributed by atoms with Gasteiger partial charge in [-0.3, -0.25) is 0 Å². The summed E-state index contributed by atoms with van der Waals surface area (Å²) in [5.41, 5.74) is 14.1. The van der Waals surface area contributed by atoms with Crippen LogP contribution in [0.15, 0.2) is 78.9 Å². The average molecular weight is 377 g/mol. The van der Waals surface area contributed by atoms with Crippen molar-refractivity contribution < 1.29 is 0 Å². The summed E-state index contributed by atoms with van der Waals surface area (Å²) < 4.78 is 0. The summed E-state index contributed by atoms with van der Waals surface area (Å²) in [6.07, 6.45) is 0. The molecule has 0 aliphatic carbocycles. The molecule has 4 aromatic rings. The summed E-state index contributed by atoms with van der Waals surface area (Å²) in [5.74, 6) is 0. The second-order valence-electron chi connectivity index (χ2n) is 8.42. The van der Waals surface area contributed by atoms with Crippen LogP contribution in [0.1, 0.15) is 27.8 Å². The van der Waals surface area contributed by atoms with Crippen LogP contribution in [0.4, 0.5) is 0 Å². The Kier molecular flexibility index (Phi) is 5.11. The minimum Gasteiger partial charge on any atom is -0.0587 e. The van der Waals surface area contributed by atoms with E-state index in [1.807, 2.05) is 0 Å². The molecule has 0 spiro atoms. The number of rotatable bonds is 3. The summed E-state index contributed by atoms with van der Waals surface area (Å²) in [6.45, 7) is 10.8. The molecule has 0 heterocycles. The van der Waals surface area contributed by atoms with E-state index < -0.39 is 0 Å². The number of aryl methyl sites for hydroxylation is 5. The van der Waals surface area contributed by atoms with Crippen LogP contribution in [0.5, 0.6) is 0 Å². The fourth-order valence-corrected chi connectivity index (χ4v) is 4.12. The van der Waals surface area contributed by atoms with Gasteiger partial charge in [0.1, 0.15) is 0 Å². The summed E-state index contributed by atoms with van der Waals surface area (Å²) in [6, 6.07) is 29.4. The molecule has 4 rings (SSSR count). The fourth-order valence-electron chi connectivity index (χ4n) is 4.12. The van der Waals surface area contributed by atoms with Gasteiger partial charge in [0.05, 0.1) is 0 Å². The SMILES string of the molecule is Cc1ccc(-c2cc(C)cc(-c3cc(C)cc(-c4cc(C)cc(C)c4)c3)c2)cc1. The maximum atomic E-state index is 2.33. The van der Waals surface area contributed by atoms with E-state index in [-0.39, 0.29) is 0 Å². The zero-order valence-corrected chi connectivity index (χ0v) is 18.0. The van der Waals surface area contributed by atoms with Crippen LogP contribution < -0.4 is 0 Å². The van der Waals surface area contributed by atoms with Gasteiger partial charge in [0.25, 0.3) is 0 Å². The summed E-state index contributed by atoms with van der Waals surface area (Å²) in [7, 11) is 0. The molecule has 0 nitrogen and oxygen atoms in total. The molecule has 0 aromatic heterocycles. The molecule has 29 heavy (non-hydrogen) atoms. The van der Waals surface area contributed by atoms with Gasteiger partial charge >= 0.3 is 0 Å². The van der Waals surface area contributed by atoms with Crippen molar-refractivity contribution >= 4 is 0 Å². The fraction of sp³-hybridized carbons (Fsp3) is 0.172. The van der Waals surface area contributed by atoms with Gasteiger partial charge in [-0.2, -0.15) is 0 Å². The number of hydrogen-bond acceptors (Lipinski definition) is 0. The van der Waals surface area contributed by atoms with Crippen molar-refractivity contribution in [3.8, 4) is 33.4 Å². The molecule has 0 saturated carbocycles. The molecule has 0 aliphatic rings. The third-order valence-corrected chi connectivity index (χ3v) is 5.43. The molecular weight excluding hydrogens is 348 g/mol. The van der Waals surface area contributed by atoms with Crippen LogP contribution in [0, 0.1) is 34.6 Å². The van der Waals surface area contributed by atoms with E-state index in [4.69, 9.17) is 0 Å². The second kappa shape index (κ2) is 7.72. The van der Waals surface area contributed by atoms with E-state index in [1.54, 1.807) is 0 Å². The smallest absolute Gasteiger partial charge is 0.0175 e. The minimum absolute atomic E-state index is 1.27. The van der Waals surface area contributed by atoms with E-state index in [2.05, 4.69) is 113 Å². The maximum Gasteiger partial charge on any atom is -0.0175 e. The van der Waals surface area contributed by atoms with Crippen molar-refractivity contribution in [1.82, 2.24) is 0 Å². The van der Waals surface area contributed by atoms with Crippen LogP contribution >= 0.6 is 0 Å². The lowest BCUT2D eigenvalue weighted by molar-refractivity contribution is 1.37. The number of hydrogen-bond donors (Lipinski definition) is 0.